The molecule has 2 heterocycles. The van der Waals surface area contributed by atoms with E-state index in [1.807, 2.05) is 24.3 Å². The van der Waals surface area contributed by atoms with Gasteiger partial charge in [0.05, 0.1) is 24.8 Å². The molecule has 0 bridgehead atoms. The third kappa shape index (κ3) is 1.88. The van der Waals surface area contributed by atoms with Gasteiger partial charge in [-0.1, -0.05) is 0 Å². The van der Waals surface area contributed by atoms with E-state index in [-0.39, 0.29) is 0 Å². The fourth-order valence-electron chi connectivity index (χ4n) is 2.14. The Morgan fingerprint density at radius 2 is 2.00 bits per heavy atom. The maximum atomic E-state index is 5.90. The molecule has 104 valence electrons. The van der Waals surface area contributed by atoms with Gasteiger partial charge in [0.25, 0.3) is 0 Å². The SMILES string of the molecule is COCc1nn(-c2ccc(OC)cc2)c2n[nH]c(N)c12. The van der Waals surface area contributed by atoms with Crippen molar-refractivity contribution in [2.75, 3.05) is 20.0 Å². The highest BCUT2D eigenvalue weighted by atomic mass is 16.5. The van der Waals surface area contributed by atoms with Crippen molar-refractivity contribution >= 4 is 16.9 Å². The molecule has 3 N–H and O–H groups in total. The Balaban J connectivity index is 2.14. The number of nitrogens with one attached hydrogen (secondary N) is 1. The van der Waals surface area contributed by atoms with Gasteiger partial charge >= 0.3 is 0 Å². The largest absolute Gasteiger partial charge is 0.497 e. The molecule has 0 aliphatic carbocycles. The first-order chi connectivity index (χ1) is 9.74. The van der Waals surface area contributed by atoms with E-state index in [4.69, 9.17) is 15.2 Å². The first kappa shape index (κ1) is 12.5. The summed E-state index contributed by atoms with van der Waals surface area (Å²) < 4.78 is 12.0. The molecular formula is C13H15N5O2. The van der Waals surface area contributed by atoms with E-state index in [0.29, 0.717) is 18.1 Å². The third-order valence-corrected chi connectivity index (χ3v) is 3.08. The maximum absolute atomic E-state index is 5.90. The highest BCUT2D eigenvalue weighted by molar-refractivity contribution is 5.89. The third-order valence-electron chi connectivity index (χ3n) is 3.08. The van der Waals surface area contributed by atoms with Crippen LogP contribution in [0.1, 0.15) is 5.69 Å². The summed E-state index contributed by atoms with van der Waals surface area (Å²) in [6, 6.07) is 7.56. The van der Waals surface area contributed by atoms with Gasteiger partial charge in [0.2, 0.25) is 0 Å². The predicted octanol–water partition coefficient (Wildman–Crippen LogP) is 1.49. The molecule has 7 heteroatoms. The average Bonchev–Trinajstić information content (AvgIpc) is 3.02. The van der Waals surface area contributed by atoms with Crippen LogP contribution < -0.4 is 10.5 Å². The number of nitrogens with two attached hydrogens (primary N) is 1. The summed E-state index contributed by atoms with van der Waals surface area (Å²) in [7, 11) is 3.25. The highest BCUT2D eigenvalue weighted by Crippen LogP contribution is 2.26. The molecule has 0 saturated heterocycles. The summed E-state index contributed by atoms with van der Waals surface area (Å²) in [5, 5.41) is 12.3. The van der Waals surface area contributed by atoms with E-state index in [9.17, 15) is 0 Å². The normalized spacial score (nSPS) is 11.1. The lowest BCUT2D eigenvalue weighted by atomic mass is 10.3. The topological polar surface area (TPSA) is 91.0 Å². The molecule has 3 aromatic rings. The second-order valence-corrected chi connectivity index (χ2v) is 4.33. The van der Waals surface area contributed by atoms with Gasteiger partial charge < -0.3 is 15.2 Å². The van der Waals surface area contributed by atoms with Gasteiger partial charge in [-0.3, -0.25) is 5.10 Å². The Labute approximate surface area is 115 Å². The van der Waals surface area contributed by atoms with Gasteiger partial charge in [-0.15, -0.1) is 0 Å². The number of anilines is 1. The monoisotopic (exact) mass is 273 g/mol. The minimum absolute atomic E-state index is 0.378. The molecule has 0 spiro atoms. The summed E-state index contributed by atoms with van der Waals surface area (Å²) in [6.07, 6.45) is 0. The van der Waals surface area contributed by atoms with Gasteiger partial charge in [-0.2, -0.15) is 10.2 Å². The maximum Gasteiger partial charge on any atom is 0.186 e. The smallest absolute Gasteiger partial charge is 0.186 e. The van der Waals surface area contributed by atoms with E-state index in [1.165, 1.54) is 0 Å². The summed E-state index contributed by atoms with van der Waals surface area (Å²) in [5.74, 6) is 1.28. The second kappa shape index (κ2) is 4.86. The van der Waals surface area contributed by atoms with Gasteiger partial charge in [0.15, 0.2) is 5.65 Å². The fraction of sp³-hybridized carbons (Fsp3) is 0.231. The number of methoxy groups -OCH3 is 2. The van der Waals surface area contributed by atoms with E-state index < -0.39 is 0 Å². The lowest BCUT2D eigenvalue weighted by molar-refractivity contribution is 0.182. The second-order valence-electron chi connectivity index (χ2n) is 4.33. The zero-order chi connectivity index (χ0) is 14.1. The molecule has 0 unspecified atom stereocenters. The molecule has 20 heavy (non-hydrogen) atoms. The first-order valence-corrected chi connectivity index (χ1v) is 6.09. The molecule has 0 atom stereocenters. The van der Waals surface area contributed by atoms with Crippen molar-refractivity contribution in [3.63, 3.8) is 0 Å². The number of nitrogens with zero attached hydrogens (tertiary/aromatic N) is 3. The molecule has 0 saturated carbocycles. The van der Waals surface area contributed by atoms with Crippen molar-refractivity contribution in [2.45, 2.75) is 6.61 Å². The van der Waals surface area contributed by atoms with Crippen LogP contribution in [-0.2, 0) is 11.3 Å². The van der Waals surface area contributed by atoms with Crippen LogP contribution in [0.3, 0.4) is 0 Å². The number of rotatable bonds is 4. The molecule has 7 nitrogen and oxygen atoms in total. The number of hydrogen-bond acceptors (Lipinski definition) is 5. The van der Waals surface area contributed by atoms with Crippen LogP contribution in [0.4, 0.5) is 5.82 Å². The van der Waals surface area contributed by atoms with Crippen LogP contribution in [0.25, 0.3) is 16.7 Å². The molecule has 0 aliphatic rings. The van der Waals surface area contributed by atoms with E-state index in [0.717, 1.165) is 22.5 Å². The minimum Gasteiger partial charge on any atom is -0.497 e. The Morgan fingerprint density at radius 1 is 1.25 bits per heavy atom. The molecule has 0 fully saturated rings. The fourth-order valence-corrected chi connectivity index (χ4v) is 2.14. The number of aromatic amines is 1. The van der Waals surface area contributed by atoms with Crippen LogP contribution in [-0.4, -0.2) is 34.2 Å². The quantitative estimate of drug-likeness (QED) is 0.751. The van der Waals surface area contributed by atoms with Crippen LogP contribution in [0.2, 0.25) is 0 Å². The van der Waals surface area contributed by atoms with Crippen molar-refractivity contribution in [1.29, 1.82) is 0 Å². The molecule has 3 rings (SSSR count). The van der Waals surface area contributed by atoms with Crippen molar-refractivity contribution in [1.82, 2.24) is 20.0 Å². The number of benzene rings is 1. The summed E-state index contributed by atoms with van der Waals surface area (Å²) in [5.41, 5.74) is 8.21. The van der Waals surface area contributed by atoms with Crippen LogP contribution in [0.15, 0.2) is 24.3 Å². The Bertz CT molecular complexity index is 729. The standard InChI is InChI=1S/C13H15N5O2/c1-19-7-10-11-12(14)15-16-13(11)18(17-10)8-3-5-9(20-2)6-4-8/h3-6H,7H2,1-2H3,(H3,14,15,16). The van der Waals surface area contributed by atoms with Crippen molar-refractivity contribution in [3.8, 4) is 11.4 Å². The predicted molar refractivity (Wildman–Crippen MR) is 74.9 cm³/mol. The number of nitrogen functional groups attached to an aromatic ring is 1. The van der Waals surface area contributed by atoms with Crippen LogP contribution in [0, 0.1) is 0 Å². The Kier molecular flexibility index (Phi) is 3.03. The summed E-state index contributed by atoms with van der Waals surface area (Å²) in [4.78, 5) is 0. The van der Waals surface area contributed by atoms with Crippen molar-refractivity contribution in [3.05, 3.63) is 30.0 Å². The average molecular weight is 273 g/mol. The van der Waals surface area contributed by atoms with Crippen molar-refractivity contribution in [2.24, 2.45) is 0 Å². The molecule has 0 radical (unpaired) electrons. The Hall–Kier alpha value is -2.54. The lowest BCUT2D eigenvalue weighted by Gasteiger charge is -2.03. The number of fused-ring (bicyclic) bond motifs is 1. The van der Waals surface area contributed by atoms with Gasteiger partial charge in [0, 0.05) is 7.11 Å². The zero-order valence-electron chi connectivity index (χ0n) is 11.3. The van der Waals surface area contributed by atoms with Gasteiger partial charge in [-0.05, 0) is 24.3 Å². The minimum atomic E-state index is 0.378. The van der Waals surface area contributed by atoms with Gasteiger partial charge in [0.1, 0.15) is 17.3 Å². The molecule has 2 aromatic heterocycles. The first-order valence-electron chi connectivity index (χ1n) is 6.09. The highest BCUT2D eigenvalue weighted by Gasteiger charge is 2.17. The van der Waals surface area contributed by atoms with E-state index in [1.54, 1.807) is 18.9 Å². The van der Waals surface area contributed by atoms with Gasteiger partial charge in [-0.25, -0.2) is 4.68 Å². The van der Waals surface area contributed by atoms with Crippen molar-refractivity contribution < 1.29 is 9.47 Å². The number of ether oxygens (including phenoxy) is 2. The Morgan fingerprint density at radius 3 is 2.65 bits per heavy atom. The van der Waals surface area contributed by atoms with E-state index in [2.05, 4.69) is 15.3 Å². The van der Waals surface area contributed by atoms with Crippen LogP contribution in [0.5, 0.6) is 5.75 Å². The summed E-state index contributed by atoms with van der Waals surface area (Å²) in [6.45, 7) is 0.378. The number of aromatic nitrogens is 4. The molecular weight excluding hydrogens is 258 g/mol. The molecule has 0 amide bonds. The zero-order valence-corrected chi connectivity index (χ0v) is 11.3. The van der Waals surface area contributed by atoms with Crippen LogP contribution >= 0.6 is 0 Å². The lowest BCUT2D eigenvalue weighted by Crippen LogP contribution is -1.99. The molecule has 1 aromatic carbocycles. The van der Waals surface area contributed by atoms with E-state index >= 15 is 0 Å². The molecule has 0 aliphatic heterocycles. The number of hydrogen-bond donors (Lipinski definition) is 2. The number of H-pyrrole nitrogens is 1. The summed E-state index contributed by atoms with van der Waals surface area (Å²) >= 11 is 0.